The lowest BCUT2D eigenvalue weighted by Crippen LogP contribution is -2.01. The van der Waals surface area contributed by atoms with Crippen LogP contribution in [0.4, 0.5) is 5.69 Å². The fourth-order valence-corrected chi connectivity index (χ4v) is 2.33. The van der Waals surface area contributed by atoms with Crippen molar-refractivity contribution in [2.24, 2.45) is 7.05 Å². The summed E-state index contributed by atoms with van der Waals surface area (Å²) in [5, 5.41) is 8.30. The van der Waals surface area contributed by atoms with Crippen molar-refractivity contribution < 1.29 is 0 Å². The molecule has 0 aliphatic carbocycles. The van der Waals surface area contributed by atoms with Crippen LogP contribution in [0.25, 0.3) is 0 Å². The highest BCUT2D eigenvalue weighted by Gasteiger charge is 2.10. The van der Waals surface area contributed by atoms with Gasteiger partial charge in [0.2, 0.25) is 0 Å². The first-order valence-corrected chi connectivity index (χ1v) is 6.43. The molecule has 1 heterocycles. The fourth-order valence-electron chi connectivity index (χ4n) is 1.66. The molecule has 17 heavy (non-hydrogen) atoms. The molecule has 0 spiro atoms. The maximum absolute atomic E-state index is 6.17. The molecule has 0 radical (unpaired) electrons. The van der Waals surface area contributed by atoms with Crippen molar-refractivity contribution in [3.8, 4) is 0 Å². The van der Waals surface area contributed by atoms with E-state index in [4.69, 9.17) is 11.6 Å². The molecule has 0 saturated carbocycles. The first-order chi connectivity index (χ1) is 8.09. The van der Waals surface area contributed by atoms with Crippen molar-refractivity contribution in [2.75, 3.05) is 5.32 Å². The molecule has 1 aromatic heterocycles. The second kappa shape index (κ2) is 5.10. The van der Waals surface area contributed by atoms with E-state index in [0.29, 0.717) is 11.7 Å². The summed E-state index contributed by atoms with van der Waals surface area (Å²) in [6.45, 7) is 2.63. The number of rotatable bonds is 3. The Labute approximate surface area is 114 Å². The lowest BCUT2D eigenvalue weighted by molar-refractivity contribution is 0.757. The van der Waals surface area contributed by atoms with Gasteiger partial charge in [0.25, 0.3) is 0 Å². The first kappa shape index (κ1) is 12.5. The van der Waals surface area contributed by atoms with Crippen LogP contribution in [0.5, 0.6) is 0 Å². The molecule has 0 aliphatic heterocycles. The fraction of sp³-hybridized carbons (Fsp3) is 0.250. The van der Waals surface area contributed by atoms with E-state index in [0.717, 1.165) is 21.4 Å². The minimum atomic E-state index is 0.668. The van der Waals surface area contributed by atoms with Crippen molar-refractivity contribution >= 4 is 33.2 Å². The molecule has 0 aliphatic rings. The lowest BCUT2D eigenvalue weighted by atomic mass is 10.2. The summed E-state index contributed by atoms with van der Waals surface area (Å²) in [4.78, 5) is 0. The van der Waals surface area contributed by atoms with Crippen LogP contribution in [-0.2, 0) is 13.6 Å². The highest BCUT2D eigenvalue weighted by Crippen LogP contribution is 2.24. The van der Waals surface area contributed by atoms with Crippen LogP contribution in [0.3, 0.4) is 0 Å². The van der Waals surface area contributed by atoms with Gasteiger partial charge in [-0.15, -0.1) is 0 Å². The molecule has 1 aromatic carbocycles. The molecule has 0 saturated heterocycles. The molecule has 0 atom stereocenters. The van der Waals surface area contributed by atoms with E-state index >= 15 is 0 Å². The summed E-state index contributed by atoms with van der Waals surface area (Å²) >= 11 is 9.66. The number of anilines is 1. The molecule has 0 bridgehead atoms. The Morgan fingerprint density at radius 3 is 2.71 bits per heavy atom. The molecule has 0 fully saturated rings. The highest BCUT2D eigenvalue weighted by molar-refractivity contribution is 9.10. The Bertz CT molecular complexity index is 537. The van der Waals surface area contributed by atoms with E-state index in [9.17, 15) is 0 Å². The van der Waals surface area contributed by atoms with E-state index in [2.05, 4.69) is 26.3 Å². The minimum Gasteiger partial charge on any atom is -0.380 e. The highest BCUT2D eigenvalue weighted by atomic mass is 79.9. The number of benzene rings is 1. The van der Waals surface area contributed by atoms with E-state index in [1.165, 1.54) is 0 Å². The zero-order valence-electron chi connectivity index (χ0n) is 9.67. The van der Waals surface area contributed by atoms with E-state index < -0.39 is 0 Å². The predicted octanol–water partition coefficient (Wildman–Crippen LogP) is 3.76. The Hall–Kier alpha value is -1.000. The second-order valence-electron chi connectivity index (χ2n) is 3.81. The largest absolute Gasteiger partial charge is 0.380 e. The minimum absolute atomic E-state index is 0.668. The van der Waals surface area contributed by atoms with Gasteiger partial charge < -0.3 is 5.32 Å². The monoisotopic (exact) mass is 313 g/mol. The van der Waals surface area contributed by atoms with Crippen LogP contribution < -0.4 is 5.32 Å². The van der Waals surface area contributed by atoms with Crippen molar-refractivity contribution in [3.05, 3.63) is 45.1 Å². The number of para-hydroxylation sites is 1. The number of hydrogen-bond donors (Lipinski definition) is 1. The van der Waals surface area contributed by atoms with Crippen LogP contribution in [0, 0.1) is 6.92 Å². The third-order valence-electron chi connectivity index (χ3n) is 2.60. The van der Waals surface area contributed by atoms with Crippen LogP contribution in [-0.4, -0.2) is 9.78 Å². The Morgan fingerprint density at radius 2 is 2.12 bits per heavy atom. The Balaban J connectivity index is 2.15. The number of nitrogens with zero attached hydrogens (tertiary/aromatic N) is 2. The normalized spacial score (nSPS) is 10.6. The van der Waals surface area contributed by atoms with Crippen molar-refractivity contribution in [3.63, 3.8) is 0 Å². The van der Waals surface area contributed by atoms with Crippen molar-refractivity contribution in [1.82, 2.24) is 9.78 Å². The average Bonchev–Trinajstić information content (AvgIpc) is 2.53. The Kier molecular flexibility index (Phi) is 3.74. The molecule has 90 valence electrons. The smallest absolute Gasteiger partial charge is 0.131 e. The molecule has 0 amide bonds. The van der Waals surface area contributed by atoms with Gasteiger partial charge in [0.15, 0.2) is 0 Å². The number of aryl methyl sites for hydroxylation is 2. The number of aromatic nitrogens is 2. The van der Waals surface area contributed by atoms with Gasteiger partial charge in [0, 0.05) is 29.3 Å². The van der Waals surface area contributed by atoms with Gasteiger partial charge in [-0.25, -0.2) is 0 Å². The van der Waals surface area contributed by atoms with Gasteiger partial charge in [0.1, 0.15) is 5.15 Å². The van der Waals surface area contributed by atoms with Gasteiger partial charge >= 0.3 is 0 Å². The zero-order chi connectivity index (χ0) is 12.4. The first-order valence-electron chi connectivity index (χ1n) is 5.26. The molecular weight excluding hydrogens is 302 g/mol. The maximum atomic E-state index is 6.17. The van der Waals surface area contributed by atoms with Crippen LogP contribution in [0.15, 0.2) is 28.7 Å². The average molecular weight is 315 g/mol. The Morgan fingerprint density at radius 1 is 1.41 bits per heavy atom. The topological polar surface area (TPSA) is 29.9 Å². The molecule has 0 unspecified atom stereocenters. The summed E-state index contributed by atoms with van der Waals surface area (Å²) in [5.74, 6) is 0. The summed E-state index contributed by atoms with van der Waals surface area (Å²) in [7, 11) is 1.84. The summed E-state index contributed by atoms with van der Waals surface area (Å²) in [5.41, 5.74) is 3.04. The molecule has 2 rings (SSSR count). The lowest BCUT2D eigenvalue weighted by Gasteiger charge is -2.08. The predicted molar refractivity (Wildman–Crippen MR) is 74.4 cm³/mol. The SMILES string of the molecule is Cc1nn(C)c(Cl)c1CNc1ccccc1Br. The zero-order valence-corrected chi connectivity index (χ0v) is 12.0. The van der Waals surface area contributed by atoms with Gasteiger partial charge in [-0.3, -0.25) is 4.68 Å². The second-order valence-corrected chi connectivity index (χ2v) is 5.02. The summed E-state index contributed by atoms with van der Waals surface area (Å²) in [6, 6.07) is 7.99. The van der Waals surface area contributed by atoms with Gasteiger partial charge in [-0.2, -0.15) is 5.10 Å². The van der Waals surface area contributed by atoms with Gasteiger partial charge in [-0.05, 0) is 35.0 Å². The summed E-state index contributed by atoms with van der Waals surface area (Å²) < 4.78 is 2.73. The van der Waals surface area contributed by atoms with Crippen LogP contribution in [0.1, 0.15) is 11.3 Å². The molecule has 1 N–H and O–H groups in total. The van der Waals surface area contributed by atoms with Gasteiger partial charge in [0.05, 0.1) is 5.69 Å². The number of halogens is 2. The molecule has 3 nitrogen and oxygen atoms in total. The third-order valence-corrected chi connectivity index (χ3v) is 3.76. The van der Waals surface area contributed by atoms with Crippen molar-refractivity contribution in [1.29, 1.82) is 0 Å². The van der Waals surface area contributed by atoms with Crippen LogP contribution >= 0.6 is 27.5 Å². The molecular formula is C12H13BrClN3. The van der Waals surface area contributed by atoms with E-state index in [-0.39, 0.29) is 0 Å². The summed E-state index contributed by atoms with van der Waals surface area (Å²) in [6.07, 6.45) is 0. The van der Waals surface area contributed by atoms with Gasteiger partial charge in [-0.1, -0.05) is 23.7 Å². The number of nitrogens with one attached hydrogen (secondary N) is 1. The maximum Gasteiger partial charge on any atom is 0.131 e. The molecule has 5 heteroatoms. The van der Waals surface area contributed by atoms with Crippen LogP contribution in [0.2, 0.25) is 5.15 Å². The van der Waals surface area contributed by atoms with Crippen molar-refractivity contribution in [2.45, 2.75) is 13.5 Å². The third kappa shape index (κ3) is 2.64. The molecule has 2 aromatic rings. The number of hydrogen-bond acceptors (Lipinski definition) is 2. The standard InChI is InChI=1S/C12H13BrClN3/c1-8-9(12(14)17(2)16-8)7-15-11-6-4-3-5-10(11)13/h3-6,15H,7H2,1-2H3. The van der Waals surface area contributed by atoms with E-state index in [1.807, 2.05) is 38.2 Å². The quantitative estimate of drug-likeness (QED) is 0.935. The van der Waals surface area contributed by atoms with E-state index in [1.54, 1.807) is 4.68 Å².